The van der Waals surface area contributed by atoms with Crippen molar-refractivity contribution in [3.8, 4) is 39.1 Å². The minimum atomic E-state index is 0.907. The Morgan fingerprint density at radius 2 is 1.06 bits per heavy atom. The number of hydrogen-bond acceptors (Lipinski definition) is 2. The molecule has 10 rings (SSSR count). The Bertz CT molecular complexity index is 2840. The maximum atomic E-state index is 6.13. The van der Waals surface area contributed by atoms with E-state index in [0.29, 0.717) is 0 Å². The molecule has 3 heteroatoms. The van der Waals surface area contributed by atoms with Crippen LogP contribution in [0, 0.1) is 0 Å². The lowest BCUT2D eigenvalue weighted by molar-refractivity contribution is 0.669. The summed E-state index contributed by atoms with van der Waals surface area (Å²) in [7, 11) is 0. The van der Waals surface area contributed by atoms with Crippen LogP contribution < -0.4 is 0 Å². The summed E-state index contributed by atoms with van der Waals surface area (Å²) in [6.07, 6.45) is 3.92. The van der Waals surface area contributed by atoms with Crippen LogP contribution in [0.15, 0.2) is 175 Å². The summed E-state index contributed by atoms with van der Waals surface area (Å²) < 4.78 is 8.49. The molecule has 0 bridgehead atoms. The highest BCUT2D eigenvalue weighted by atomic mass is 16.3. The Morgan fingerprint density at radius 1 is 0.375 bits per heavy atom. The molecule has 48 heavy (non-hydrogen) atoms. The average molecular weight is 613 g/mol. The van der Waals surface area contributed by atoms with Gasteiger partial charge < -0.3 is 8.98 Å². The van der Waals surface area contributed by atoms with Gasteiger partial charge in [-0.1, -0.05) is 109 Å². The summed E-state index contributed by atoms with van der Waals surface area (Å²) in [6, 6.07) is 56.4. The molecule has 7 aromatic carbocycles. The van der Waals surface area contributed by atoms with E-state index < -0.39 is 0 Å². The van der Waals surface area contributed by atoms with E-state index in [1.165, 1.54) is 38.2 Å². The van der Waals surface area contributed by atoms with E-state index >= 15 is 0 Å². The van der Waals surface area contributed by atoms with Crippen molar-refractivity contribution in [2.45, 2.75) is 0 Å². The van der Waals surface area contributed by atoms with Crippen molar-refractivity contribution in [1.82, 2.24) is 9.55 Å². The van der Waals surface area contributed by atoms with E-state index in [9.17, 15) is 0 Å². The van der Waals surface area contributed by atoms with Gasteiger partial charge in [0.05, 0.1) is 22.9 Å². The van der Waals surface area contributed by atoms with Crippen molar-refractivity contribution in [2.75, 3.05) is 0 Å². The molecule has 0 amide bonds. The second-order valence-electron chi connectivity index (χ2n) is 12.5. The van der Waals surface area contributed by atoms with Crippen molar-refractivity contribution < 1.29 is 4.42 Å². The summed E-state index contributed by atoms with van der Waals surface area (Å²) in [6.45, 7) is 0. The highest BCUT2D eigenvalue weighted by Crippen LogP contribution is 2.39. The van der Waals surface area contributed by atoms with E-state index in [4.69, 9.17) is 9.40 Å². The van der Waals surface area contributed by atoms with Crippen molar-refractivity contribution in [3.05, 3.63) is 170 Å². The van der Waals surface area contributed by atoms with Gasteiger partial charge in [0.1, 0.15) is 11.2 Å². The monoisotopic (exact) mass is 612 g/mol. The van der Waals surface area contributed by atoms with Crippen LogP contribution in [0.2, 0.25) is 0 Å². The zero-order valence-corrected chi connectivity index (χ0v) is 26.0. The van der Waals surface area contributed by atoms with Crippen LogP contribution in [0.3, 0.4) is 0 Å². The molecule has 3 aromatic heterocycles. The van der Waals surface area contributed by atoms with Gasteiger partial charge in [-0.05, 0) is 87.1 Å². The third-order valence-electron chi connectivity index (χ3n) is 9.65. The summed E-state index contributed by atoms with van der Waals surface area (Å²) >= 11 is 0. The highest BCUT2D eigenvalue weighted by molar-refractivity contribution is 6.12. The molecule has 10 aromatic rings. The van der Waals surface area contributed by atoms with Gasteiger partial charge in [-0.2, -0.15) is 0 Å². The predicted octanol–water partition coefficient (Wildman–Crippen LogP) is 12.2. The second kappa shape index (κ2) is 10.5. The van der Waals surface area contributed by atoms with Gasteiger partial charge in [-0.25, -0.2) is 0 Å². The molecule has 0 saturated carbocycles. The Labute approximate surface area is 277 Å². The summed E-state index contributed by atoms with van der Waals surface area (Å²) in [5, 5.41) is 7.16. The number of fused-ring (bicyclic) bond motifs is 7. The molecular weight excluding hydrogens is 585 g/mol. The van der Waals surface area contributed by atoms with Gasteiger partial charge >= 0.3 is 0 Å². The van der Waals surface area contributed by atoms with Crippen LogP contribution in [0.1, 0.15) is 0 Å². The van der Waals surface area contributed by atoms with Crippen molar-refractivity contribution >= 4 is 54.5 Å². The van der Waals surface area contributed by atoms with Gasteiger partial charge in [0.25, 0.3) is 0 Å². The molecule has 0 aliphatic rings. The lowest BCUT2D eigenvalue weighted by atomic mass is 9.99. The largest absolute Gasteiger partial charge is 0.456 e. The molecule has 0 unspecified atom stereocenters. The fourth-order valence-corrected chi connectivity index (χ4v) is 7.27. The maximum Gasteiger partial charge on any atom is 0.135 e. The van der Waals surface area contributed by atoms with Crippen molar-refractivity contribution in [3.63, 3.8) is 0 Å². The number of aromatic nitrogens is 2. The number of nitrogens with zero attached hydrogens (tertiary/aromatic N) is 2. The Hall–Kier alpha value is -6.45. The third kappa shape index (κ3) is 4.25. The van der Waals surface area contributed by atoms with E-state index in [1.807, 2.05) is 30.6 Å². The number of benzene rings is 7. The van der Waals surface area contributed by atoms with E-state index in [-0.39, 0.29) is 0 Å². The topological polar surface area (TPSA) is 31.0 Å². The first-order valence-corrected chi connectivity index (χ1v) is 16.3. The number of rotatable bonds is 4. The number of hydrogen-bond donors (Lipinski definition) is 0. The highest BCUT2D eigenvalue weighted by Gasteiger charge is 2.16. The average Bonchev–Trinajstić information content (AvgIpc) is 3.69. The van der Waals surface area contributed by atoms with Gasteiger partial charge in [0, 0.05) is 33.3 Å². The maximum absolute atomic E-state index is 6.13. The Kier molecular flexibility index (Phi) is 5.87. The first-order valence-electron chi connectivity index (χ1n) is 16.3. The van der Waals surface area contributed by atoms with Crippen molar-refractivity contribution in [1.29, 1.82) is 0 Å². The summed E-state index contributed by atoms with van der Waals surface area (Å²) in [5.41, 5.74) is 12.1. The van der Waals surface area contributed by atoms with Crippen LogP contribution in [0.4, 0.5) is 0 Å². The summed E-state index contributed by atoms with van der Waals surface area (Å²) in [4.78, 5) is 4.73. The van der Waals surface area contributed by atoms with Crippen LogP contribution >= 0.6 is 0 Å². The standard InChI is InChI=1S/C45H28N2O/c1-2-8-29(9-3-1)36-23-37(28-46-27-36)47-42-20-17-33(34-18-21-45-41(25-34)39-12-6-7-13-44(39)48-45)24-40(42)38-19-16-35(26-43(38)47)32-15-14-30-10-4-5-11-31(30)22-32/h1-28H. The smallest absolute Gasteiger partial charge is 0.135 e. The lowest BCUT2D eigenvalue weighted by Crippen LogP contribution is -1.96. The molecule has 0 spiro atoms. The molecule has 0 fully saturated rings. The molecule has 0 aliphatic heterocycles. The van der Waals surface area contributed by atoms with Crippen LogP contribution in [-0.4, -0.2) is 9.55 Å². The molecule has 0 saturated heterocycles. The molecule has 3 heterocycles. The quantitative estimate of drug-likeness (QED) is 0.198. The molecule has 0 N–H and O–H groups in total. The number of para-hydroxylation sites is 1. The minimum absolute atomic E-state index is 0.907. The van der Waals surface area contributed by atoms with Gasteiger partial charge in [-0.3, -0.25) is 4.98 Å². The second-order valence-corrected chi connectivity index (χ2v) is 12.5. The predicted molar refractivity (Wildman–Crippen MR) is 200 cm³/mol. The van der Waals surface area contributed by atoms with Crippen LogP contribution in [0.5, 0.6) is 0 Å². The molecule has 3 nitrogen and oxygen atoms in total. The van der Waals surface area contributed by atoms with E-state index in [2.05, 4.69) is 144 Å². The first kappa shape index (κ1) is 26.7. The van der Waals surface area contributed by atoms with Gasteiger partial charge in [0.15, 0.2) is 0 Å². The fourth-order valence-electron chi connectivity index (χ4n) is 7.27. The zero-order chi connectivity index (χ0) is 31.6. The van der Waals surface area contributed by atoms with Crippen LogP contribution in [-0.2, 0) is 0 Å². The zero-order valence-electron chi connectivity index (χ0n) is 26.0. The van der Waals surface area contributed by atoms with E-state index in [1.54, 1.807) is 0 Å². The third-order valence-corrected chi connectivity index (χ3v) is 9.65. The molecule has 0 atom stereocenters. The molecule has 0 aliphatic carbocycles. The lowest BCUT2D eigenvalue weighted by Gasteiger charge is -2.11. The Balaban J connectivity index is 1.20. The minimum Gasteiger partial charge on any atom is -0.456 e. The molecule has 224 valence electrons. The van der Waals surface area contributed by atoms with Gasteiger partial charge in [-0.15, -0.1) is 0 Å². The van der Waals surface area contributed by atoms with Crippen LogP contribution in [0.25, 0.3) is 93.6 Å². The normalized spacial score (nSPS) is 11.8. The molecule has 0 radical (unpaired) electrons. The van der Waals surface area contributed by atoms with Gasteiger partial charge in [0.2, 0.25) is 0 Å². The van der Waals surface area contributed by atoms with E-state index in [0.717, 1.165) is 55.3 Å². The van der Waals surface area contributed by atoms with Crippen molar-refractivity contribution in [2.24, 2.45) is 0 Å². The fraction of sp³-hybridized carbons (Fsp3) is 0. The number of furan rings is 1. The number of pyridine rings is 1. The molecular formula is C45H28N2O. The SMILES string of the molecule is c1ccc(-c2cncc(-n3c4ccc(-c5ccc6oc7ccccc7c6c5)cc4c4ccc(-c5ccc6ccccc6c5)cc43)c2)cc1. The Morgan fingerprint density at radius 3 is 1.98 bits per heavy atom. The summed E-state index contributed by atoms with van der Waals surface area (Å²) in [5.74, 6) is 0. The first-order chi connectivity index (χ1) is 23.8.